The van der Waals surface area contributed by atoms with Gasteiger partial charge >= 0.3 is 54.0 Å². The molecule has 4 heterocycles. The molecular formula is C98H121ClN6O27. The largest absolute Gasteiger partial charge is 0.487 e. The summed E-state index contributed by atoms with van der Waals surface area (Å²) in [7, 11) is 0. The monoisotopic (exact) mass is 1850 g/mol. The highest BCUT2D eigenvalue weighted by Crippen LogP contribution is 2.54. The molecule has 5 aliphatic rings. The number of ketones is 2. The van der Waals surface area contributed by atoms with Gasteiger partial charge in [-0.2, -0.15) is 0 Å². The number of amides is 5. The average molecular weight is 1850 g/mol. The molecule has 0 saturated heterocycles. The van der Waals surface area contributed by atoms with Crippen molar-refractivity contribution in [3.05, 3.63) is 130 Å². The lowest BCUT2D eigenvalue weighted by molar-refractivity contribution is -0.137. The van der Waals surface area contributed by atoms with Gasteiger partial charge in [0.1, 0.15) is 88.8 Å². The summed E-state index contributed by atoms with van der Waals surface area (Å²) in [5.74, 6) is -3.54. The first-order valence-corrected chi connectivity index (χ1v) is 43.6. The number of benzene rings is 7. The fourth-order valence-electron chi connectivity index (χ4n) is 14.1. The lowest BCUT2D eigenvalue weighted by Gasteiger charge is -2.36. The van der Waals surface area contributed by atoms with Gasteiger partial charge in [0.05, 0.1) is 0 Å². The predicted octanol–water partition coefficient (Wildman–Crippen LogP) is 15.3. The van der Waals surface area contributed by atoms with Gasteiger partial charge in [-0.3, -0.25) is 47.9 Å². The summed E-state index contributed by atoms with van der Waals surface area (Å²) >= 11 is 5.40. The molecule has 7 N–H and O–H groups in total. The van der Waals surface area contributed by atoms with Crippen molar-refractivity contribution < 1.29 is 129 Å². The smallest absolute Gasteiger partial charge is 0.408 e. The van der Waals surface area contributed by atoms with Crippen molar-refractivity contribution >= 4 is 133 Å². The van der Waals surface area contributed by atoms with Crippen LogP contribution in [0.5, 0.6) is 51.7 Å². The number of carbonyl (C=O) groups is 14. The quantitative estimate of drug-likeness (QED) is 0.0171. The number of aliphatic carboxylic acids is 1. The minimum atomic E-state index is -1.10. The molecule has 5 amide bonds. The molecule has 12 rings (SSSR count). The van der Waals surface area contributed by atoms with Gasteiger partial charge < -0.3 is 88.5 Å². The molecule has 0 aromatic heterocycles. The Morgan fingerprint density at radius 3 is 1.12 bits per heavy atom. The zero-order valence-corrected chi connectivity index (χ0v) is 79.9. The van der Waals surface area contributed by atoms with E-state index in [-0.39, 0.29) is 71.0 Å². The molecule has 0 bridgehead atoms. The van der Waals surface area contributed by atoms with Crippen molar-refractivity contribution in [3.8, 4) is 51.7 Å². The van der Waals surface area contributed by atoms with Crippen LogP contribution in [0.15, 0.2) is 103 Å². The summed E-state index contributed by atoms with van der Waals surface area (Å²) in [6.07, 6.45) is 3.64. The second kappa shape index (κ2) is 43.0. The number of Topliss-reactive ketones (excluding diaryl/α,β-unsaturated/α-hetero) is 2. The number of allylic oxidation sites excluding steroid dienone is 1. The number of nitrogens with one attached hydrogen (secondary N) is 6. The second-order valence-electron chi connectivity index (χ2n) is 38.4. The van der Waals surface area contributed by atoms with Crippen LogP contribution in [0.2, 0.25) is 0 Å². The Kier molecular flexibility index (Phi) is 34.0. The highest BCUT2D eigenvalue weighted by atomic mass is 35.5. The molecule has 0 fully saturated rings. The fourth-order valence-corrected chi connectivity index (χ4v) is 14.2. The first kappa shape index (κ1) is 104. The number of fused-ring (bicyclic) bond motifs is 11. The minimum Gasteiger partial charge on any atom is -0.487 e. The van der Waals surface area contributed by atoms with E-state index in [1.807, 2.05) is 131 Å². The second-order valence-corrected chi connectivity index (χ2v) is 38.7. The van der Waals surface area contributed by atoms with Gasteiger partial charge in [-0.15, -0.1) is 0 Å². The third kappa shape index (κ3) is 29.5. The van der Waals surface area contributed by atoms with E-state index in [1.54, 1.807) is 105 Å². The van der Waals surface area contributed by atoms with Gasteiger partial charge in [0.2, 0.25) is 29.3 Å². The molecule has 0 radical (unpaired) electrons. The van der Waals surface area contributed by atoms with E-state index in [1.165, 1.54) is 20.8 Å². The number of halogens is 1. The van der Waals surface area contributed by atoms with Crippen LogP contribution in [0.1, 0.15) is 237 Å². The molecule has 132 heavy (non-hydrogen) atoms. The Labute approximate surface area is 772 Å². The third-order valence-corrected chi connectivity index (χ3v) is 20.3. The lowest BCUT2D eigenvalue weighted by Crippen LogP contribution is -2.54. The maximum atomic E-state index is 13.0. The van der Waals surface area contributed by atoms with Crippen LogP contribution in [0.3, 0.4) is 0 Å². The molecule has 1 atom stereocenters. The van der Waals surface area contributed by atoms with Gasteiger partial charge in [0, 0.05) is 104 Å². The number of hydrogen-bond donors (Lipinski definition) is 7. The van der Waals surface area contributed by atoms with Crippen molar-refractivity contribution in [2.24, 2.45) is 5.41 Å². The van der Waals surface area contributed by atoms with Crippen LogP contribution in [0, 0.1) is 5.41 Å². The van der Waals surface area contributed by atoms with Gasteiger partial charge in [0.25, 0.3) is 0 Å². The third-order valence-electron chi connectivity index (χ3n) is 20.2. The number of carbonyl (C=O) groups excluding carboxylic acids is 13. The number of carboxylic acids is 1. The van der Waals surface area contributed by atoms with E-state index in [2.05, 4.69) is 31.4 Å². The van der Waals surface area contributed by atoms with Crippen LogP contribution in [-0.2, 0) is 86.2 Å². The lowest BCUT2D eigenvalue weighted by atomic mass is 9.82. The number of alkyl carbamates (subject to hydrolysis) is 2. The molecule has 7 aromatic rings. The molecule has 4 aliphatic heterocycles. The van der Waals surface area contributed by atoms with Crippen LogP contribution in [0.25, 0.3) is 38.1 Å². The predicted molar refractivity (Wildman–Crippen MR) is 490 cm³/mol. The Morgan fingerprint density at radius 2 is 0.765 bits per heavy atom. The van der Waals surface area contributed by atoms with E-state index in [0.717, 1.165) is 34.7 Å². The first-order valence-electron chi connectivity index (χ1n) is 43.2. The standard InChI is InChI=1S/C33H45N3O8.C24H29NO7.C19H20ClNO5.C15H14O3.C7H13NO4/c1-19(37)42-28-22-16-17-33(8,9)44-26(22)20-12-10-11-13-21(20)27(28)43-25(39)18-34-24(38)15-14-23(29(40)36-32(5,6)7)35-30(41)31(2,3)4;1-14(26)29-21-17-11-12-24(5,6)31-19(17)15-9-7-8-10-16(15)20(21)30-18(27)13-25-22(28)32-23(2,3)4;1-11(22)24-18-14-8-9-19(2,3)26-16(14)12-6-4-5-7-13(12)17(18)25-15(23)10-21-20;1-15(2)8-7-11-13(17)12(16)9-5-3-4-6-10(9)14(11)18-15;1-7(2,3)12-6(11)8-4-5(9)10/h10-13,23H,14-18H2,1-9H3,(H,34,38)(H,35,41)(H,36,40);7-10H,11-13H2,1-6H3,(H,25,28);4-7,21H,8-10H2,1-3H3;3-6H,7-8H2,1-2H3;4H2,1-3H3,(H,8,11)(H,9,10). The summed E-state index contributed by atoms with van der Waals surface area (Å²) in [5.41, 5.74) is -0.252. The maximum Gasteiger partial charge on any atom is 0.408 e. The highest BCUT2D eigenvalue weighted by molar-refractivity contribution is 6.52. The number of esters is 6. The highest BCUT2D eigenvalue weighted by Gasteiger charge is 2.42. The summed E-state index contributed by atoms with van der Waals surface area (Å²) < 4.78 is 67.9. The number of carboxylic acid groups (broad SMARTS) is 1. The Bertz CT molecular complexity index is 5660. The Morgan fingerprint density at radius 1 is 0.424 bits per heavy atom. The van der Waals surface area contributed by atoms with Gasteiger partial charge in [-0.05, 0) is 187 Å². The van der Waals surface area contributed by atoms with Crippen molar-refractivity contribution in [2.75, 3.05) is 26.2 Å². The molecule has 7 aromatic carbocycles. The number of rotatable bonds is 19. The van der Waals surface area contributed by atoms with Crippen LogP contribution in [0.4, 0.5) is 9.59 Å². The zero-order chi connectivity index (χ0) is 98.3. The molecule has 0 spiro atoms. The summed E-state index contributed by atoms with van der Waals surface area (Å²) in [6, 6.07) is 28.1. The molecule has 1 unspecified atom stereocenters. The zero-order valence-electron chi connectivity index (χ0n) is 79.2. The van der Waals surface area contributed by atoms with Crippen molar-refractivity contribution in [1.29, 1.82) is 0 Å². The number of hydrogen-bond acceptors (Lipinski definition) is 27. The van der Waals surface area contributed by atoms with E-state index in [9.17, 15) is 67.1 Å². The van der Waals surface area contributed by atoms with Crippen LogP contribution in [-0.4, -0.2) is 160 Å². The first-order chi connectivity index (χ1) is 61.3. The Hall–Kier alpha value is -12.9. The number of ether oxygens (including phenoxy) is 12. The molecule has 1 aliphatic carbocycles. The fraction of sp³-hybridized carbons (Fsp3) is 0.469. The van der Waals surface area contributed by atoms with E-state index in [4.69, 9.17) is 73.7 Å². The normalized spacial score (nSPS) is 15.3. The summed E-state index contributed by atoms with van der Waals surface area (Å²) in [6.45, 7) is 39.2. The minimum absolute atomic E-state index is 0.0209. The summed E-state index contributed by atoms with van der Waals surface area (Å²) in [5, 5.41) is 24.7. The van der Waals surface area contributed by atoms with Crippen molar-refractivity contribution in [1.82, 2.24) is 31.4 Å². The topological polar surface area (TPSA) is 442 Å². The Balaban J connectivity index is 0.000000215. The van der Waals surface area contributed by atoms with Gasteiger partial charge in [-0.1, -0.05) is 118 Å². The van der Waals surface area contributed by atoms with E-state index >= 15 is 0 Å². The van der Waals surface area contributed by atoms with E-state index < -0.39 is 136 Å². The molecule has 0 saturated carbocycles. The maximum absolute atomic E-state index is 13.0. The molecule has 34 heteroatoms. The van der Waals surface area contributed by atoms with Gasteiger partial charge in [0.15, 0.2) is 34.5 Å². The van der Waals surface area contributed by atoms with Crippen molar-refractivity contribution in [3.63, 3.8) is 0 Å². The van der Waals surface area contributed by atoms with Crippen LogP contribution < -0.4 is 74.1 Å². The SMILES string of the molecule is CC(=O)Oc1c2c(c3ccccc3c1OC(=O)CNC(=O)CCC(NC(=O)C(C)(C)C)C(=O)NC(C)(C)C)OC(C)(C)CC2.CC(=O)Oc1c2c(c3ccccc3c1OC(=O)CNC(=O)OC(C)(C)C)OC(C)(C)CC2.CC(=O)Oc1c2c(c3ccccc3c1OC(=O)CNCl)OC(C)(C)CC2.CC(C)(C)OC(=O)NCC(=O)O.CC1(C)CCC2=C(O1)c1ccccc1C(=O)C2=O. The summed E-state index contributed by atoms with van der Waals surface area (Å²) in [4.78, 5) is 170. The van der Waals surface area contributed by atoms with Gasteiger partial charge in [-0.25, -0.2) is 24.0 Å². The molecule has 712 valence electrons. The molecular weight excluding hydrogens is 1730 g/mol. The van der Waals surface area contributed by atoms with Crippen molar-refractivity contribution in [2.45, 2.75) is 269 Å². The average Bonchev–Trinajstić information content (AvgIpc) is 0.751. The molecule has 33 nitrogen and oxygen atoms in total. The van der Waals surface area contributed by atoms with Crippen LogP contribution >= 0.6 is 11.8 Å². The van der Waals surface area contributed by atoms with E-state index in [0.29, 0.717) is 105 Å².